The third-order valence-corrected chi connectivity index (χ3v) is 3.80. The van der Waals surface area contributed by atoms with Gasteiger partial charge in [-0.15, -0.1) is 0 Å². The minimum absolute atomic E-state index is 0.181. The number of anilines is 3. The molecule has 8 heteroatoms. The van der Waals surface area contributed by atoms with Gasteiger partial charge in [0.15, 0.2) is 0 Å². The number of non-ortho nitro benzene ring substituents is 1. The van der Waals surface area contributed by atoms with Crippen molar-refractivity contribution in [2.24, 2.45) is 0 Å². The SMILES string of the molecule is Nc1ccc(-c2ccc(Nc3ccc([N+](=O)[O-])cc3[N+](=O)[O-])cc2)cc1. The Balaban J connectivity index is 1.86. The molecule has 0 aliphatic heterocycles. The molecule has 8 nitrogen and oxygen atoms in total. The lowest BCUT2D eigenvalue weighted by atomic mass is 10.1. The maximum absolute atomic E-state index is 11.2. The zero-order chi connectivity index (χ0) is 18.7. The van der Waals surface area contributed by atoms with Gasteiger partial charge in [-0.2, -0.15) is 0 Å². The van der Waals surface area contributed by atoms with Crippen molar-refractivity contribution < 1.29 is 9.85 Å². The molecule has 3 N–H and O–H groups in total. The molecule has 3 aromatic rings. The predicted molar refractivity (Wildman–Crippen MR) is 99.3 cm³/mol. The van der Waals surface area contributed by atoms with Crippen LogP contribution in [0, 0.1) is 20.2 Å². The van der Waals surface area contributed by atoms with Crippen LogP contribution in [0.15, 0.2) is 66.7 Å². The standard InChI is InChI=1S/C18H14N4O4/c19-14-5-1-12(2-6-14)13-3-7-15(8-4-13)20-17-10-9-16(21(23)24)11-18(17)22(25)26/h1-11,20H,19H2. The normalized spacial score (nSPS) is 10.3. The number of nitro benzene ring substituents is 2. The van der Waals surface area contributed by atoms with Crippen molar-refractivity contribution in [3.63, 3.8) is 0 Å². The van der Waals surface area contributed by atoms with Crippen LogP contribution in [0.25, 0.3) is 11.1 Å². The van der Waals surface area contributed by atoms with Crippen LogP contribution < -0.4 is 11.1 Å². The molecule has 3 rings (SSSR count). The maximum atomic E-state index is 11.2. The Morgan fingerprint density at radius 2 is 1.35 bits per heavy atom. The van der Waals surface area contributed by atoms with E-state index in [0.29, 0.717) is 11.4 Å². The van der Waals surface area contributed by atoms with Gasteiger partial charge in [0.25, 0.3) is 11.4 Å². The molecule has 0 heterocycles. The van der Waals surface area contributed by atoms with Gasteiger partial charge in [0.05, 0.1) is 15.9 Å². The van der Waals surface area contributed by atoms with E-state index in [1.165, 1.54) is 12.1 Å². The van der Waals surface area contributed by atoms with Gasteiger partial charge in [0.2, 0.25) is 0 Å². The fourth-order valence-corrected chi connectivity index (χ4v) is 2.47. The Kier molecular flexibility index (Phi) is 4.48. The van der Waals surface area contributed by atoms with E-state index in [1.54, 1.807) is 12.1 Å². The van der Waals surface area contributed by atoms with E-state index in [9.17, 15) is 20.2 Å². The number of hydrogen-bond acceptors (Lipinski definition) is 6. The number of nitrogens with two attached hydrogens (primary N) is 1. The third kappa shape index (κ3) is 3.59. The first-order chi connectivity index (χ1) is 12.4. The van der Waals surface area contributed by atoms with Gasteiger partial charge in [0, 0.05) is 17.4 Å². The summed E-state index contributed by atoms with van der Waals surface area (Å²) in [5, 5.41) is 24.9. The van der Waals surface area contributed by atoms with Crippen molar-refractivity contribution in [2.75, 3.05) is 11.1 Å². The van der Waals surface area contributed by atoms with Crippen LogP contribution >= 0.6 is 0 Å². The molecule has 3 aromatic carbocycles. The van der Waals surface area contributed by atoms with Crippen LogP contribution in [0.1, 0.15) is 0 Å². The van der Waals surface area contributed by atoms with Crippen molar-refractivity contribution in [3.05, 3.63) is 87.0 Å². The van der Waals surface area contributed by atoms with Crippen molar-refractivity contribution >= 4 is 28.4 Å². The van der Waals surface area contributed by atoms with Crippen molar-refractivity contribution in [1.82, 2.24) is 0 Å². The maximum Gasteiger partial charge on any atom is 0.299 e. The molecule has 0 saturated heterocycles. The smallest absolute Gasteiger partial charge is 0.299 e. The van der Waals surface area contributed by atoms with E-state index in [-0.39, 0.29) is 17.1 Å². The molecular weight excluding hydrogens is 336 g/mol. The Hall–Kier alpha value is -3.94. The average molecular weight is 350 g/mol. The summed E-state index contributed by atoms with van der Waals surface area (Å²) in [5.41, 5.74) is 8.43. The predicted octanol–water partition coefficient (Wildman–Crippen LogP) is 4.50. The highest BCUT2D eigenvalue weighted by Crippen LogP contribution is 2.32. The number of hydrogen-bond donors (Lipinski definition) is 2. The zero-order valence-electron chi connectivity index (χ0n) is 13.5. The fourth-order valence-electron chi connectivity index (χ4n) is 2.47. The lowest BCUT2D eigenvalue weighted by molar-refractivity contribution is -0.393. The number of nitrogens with zero attached hydrogens (tertiary/aromatic N) is 2. The lowest BCUT2D eigenvalue weighted by Gasteiger charge is -2.08. The summed E-state index contributed by atoms with van der Waals surface area (Å²) in [6.07, 6.45) is 0. The van der Waals surface area contributed by atoms with E-state index < -0.39 is 9.85 Å². The number of nitrogens with one attached hydrogen (secondary N) is 1. The molecule has 0 atom stereocenters. The Labute approximate surface area is 148 Å². The van der Waals surface area contributed by atoms with Crippen LogP contribution in [-0.4, -0.2) is 9.85 Å². The minimum Gasteiger partial charge on any atom is -0.399 e. The monoisotopic (exact) mass is 350 g/mol. The Morgan fingerprint density at radius 1 is 0.769 bits per heavy atom. The number of rotatable bonds is 5. The average Bonchev–Trinajstić information content (AvgIpc) is 2.63. The summed E-state index contributed by atoms with van der Waals surface area (Å²) < 4.78 is 0. The second-order valence-electron chi connectivity index (χ2n) is 5.54. The zero-order valence-corrected chi connectivity index (χ0v) is 13.5. The second kappa shape index (κ2) is 6.89. The minimum atomic E-state index is -0.668. The highest BCUT2D eigenvalue weighted by molar-refractivity contribution is 5.74. The summed E-state index contributed by atoms with van der Waals surface area (Å²) in [4.78, 5) is 20.7. The largest absolute Gasteiger partial charge is 0.399 e. The number of nitro groups is 2. The van der Waals surface area contributed by atoms with Gasteiger partial charge < -0.3 is 11.1 Å². The van der Waals surface area contributed by atoms with Gasteiger partial charge in [-0.1, -0.05) is 24.3 Å². The Morgan fingerprint density at radius 3 is 1.88 bits per heavy atom. The molecule has 26 heavy (non-hydrogen) atoms. The quantitative estimate of drug-likeness (QED) is 0.397. The molecule has 130 valence electrons. The van der Waals surface area contributed by atoms with Crippen molar-refractivity contribution in [1.29, 1.82) is 0 Å². The van der Waals surface area contributed by atoms with Crippen LogP contribution in [0.5, 0.6) is 0 Å². The molecule has 0 aromatic heterocycles. The first-order valence-electron chi connectivity index (χ1n) is 7.60. The first-order valence-corrected chi connectivity index (χ1v) is 7.60. The summed E-state index contributed by atoms with van der Waals surface area (Å²) in [6, 6.07) is 18.2. The molecular formula is C18H14N4O4. The summed E-state index contributed by atoms with van der Waals surface area (Å²) in [6.45, 7) is 0. The van der Waals surface area contributed by atoms with E-state index in [1.807, 2.05) is 36.4 Å². The Bertz CT molecular complexity index is 969. The highest BCUT2D eigenvalue weighted by atomic mass is 16.6. The first kappa shape index (κ1) is 16.9. The highest BCUT2D eigenvalue weighted by Gasteiger charge is 2.19. The summed E-state index contributed by atoms with van der Waals surface area (Å²) in [5.74, 6) is 0. The fraction of sp³-hybridized carbons (Fsp3) is 0. The molecule has 0 radical (unpaired) electrons. The van der Waals surface area contributed by atoms with Crippen LogP contribution in [-0.2, 0) is 0 Å². The topological polar surface area (TPSA) is 124 Å². The van der Waals surface area contributed by atoms with Gasteiger partial charge in [-0.05, 0) is 41.5 Å². The van der Waals surface area contributed by atoms with Gasteiger partial charge >= 0.3 is 0 Å². The number of nitrogen functional groups attached to an aromatic ring is 1. The van der Waals surface area contributed by atoms with Gasteiger partial charge in [-0.25, -0.2) is 0 Å². The van der Waals surface area contributed by atoms with Crippen LogP contribution in [0.2, 0.25) is 0 Å². The lowest BCUT2D eigenvalue weighted by Crippen LogP contribution is -1.98. The molecule has 0 aliphatic rings. The van der Waals surface area contributed by atoms with E-state index in [0.717, 1.165) is 17.2 Å². The molecule has 0 saturated carbocycles. The van der Waals surface area contributed by atoms with E-state index in [2.05, 4.69) is 5.32 Å². The van der Waals surface area contributed by atoms with E-state index in [4.69, 9.17) is 5.73 Å². The number of benzene rings is 3. The second-order valence-corrected chi connectivity index (χ2v) is 5.54. The van der Waals surface area contributed by atoms with Crippen LogP contribution in [0.4, 0.5) is 28.4 Å². The molecule has 0 aliphatic carbocycles. The molecule has 0 unspecified atom stereocenters. The van der Waals surface area contributed by atoms with Crippen molar-refractivity contribution in [3.8, 4) is 11.1 Å². The van der Waals surface area contributed by atoms with Gasteiger partial charge in [-0.3, -0.25) is 20.2 Å². The molecule has 0 spiro atoms. The molecule has 0 fully saturated rings. The van der Waals surface area contributed by atoms with Gasteiger partial charge in [0.1, 0.15) is 5.69 Å². The summed E-state index contributed by atoms with van der Waals surface area (Å²) >= 11 is 0. The third-order valence-electron chi connectivity index (χ3n) is 3.80. The van der Waals surface area contributed by atoms with Crippen LogP contribution in [0.3, 0.4) is 0 Å². The summed E-state index contributed by atoms with van der Waals surface area (Å²) in [7, 11) is 0. The molecule has 0 amide bonds. The van der Waals surface area contributed by atoms with E-state index >= 15 is 0 Å². The molecule has 0 bridgehead atoms. The van der Waals surface area contributed by atoms with Crippen molar-refractivity contribution in [2.45, 2.75) is 0 Å².